The van der Waals surface area contributed by atoms with Gasteiger partial charge in [-0.3, -0.25) is 19.9 Å². The monoisotopic (exact) mass is 1780 g/mol. The fourth-order valence-corrected chi connectivity index (χ4v) is 28.8. The van der Waals surface area contributed by atoms with E-state index in [0.717, 1.165) is 109 Å². The summed E-state index contributed by atoms with van der Waals surface area (Å²) in [6, 6.07) is 114. The van der Waals surface area contributed by atoms with E-state index in [2.05, 4.69) is 345 Å². The van der Waals surface area contributed by atoms with Gasteiger partial charge < -0.3 is 14.7 Å². The van der Waals surface area contributed by atoms with E-state index in [0.29, 0.717) is 0 Å². The molecule has 16 aliphatic rings. The fourth-order valence-electron chi connectivity index (χ4n) is 28.8. The van der Waals surface area contributed by atoms with Gasteiger partial charge in [-0.25, -0.2) is 4.98 Å². The second-order valence-electron chi connectivity index (χ2n) is 41.4. The number of pyridine rings is 4. The van der Waals surface area contributed by atoms with E-state index in [1.165, 1.54) is 330 Å². The average molecular weight is 1790 g/mol. The molecule has 0 amide bonds. The Morgan fingerprint density at radius 3 is 0.850 bits per heavy atom. The lowest BCUT2D eigenvalue weighted by atomic mass is 9.81. The Kier molecular flexibility index (Phi) is 15.6. The Balaban J connectivity index is 0.0000000829. The first kappa shape index (κ1) is 76.5. The number of fused-ring (bicyclic) bond motifs is 48. The van der Waals surface area contributed by atoms with Crippen molar-refractivity contribution in [3.8, 4) is 89.0 Å². The molecule has 0 N–H and O–H groups in total. The summed E-state index contributed by atoms with van der Waals surface area (Å²) in [4.78, 5) is 29.4. The SMILES string of the molecule is c1ccc2c(c1)Cc1cc3c4c(c1-2)Cc1cccnc1N4c1c(ccc2c1-c1ccccc1C2)C3.c1ccc2c(c1)Cc1cc3c4c(c1-2)Cc1ccncc1N4c1c(ccc2c1-c1ccccc1C2)C3.c1ccc2c(c1)Cc1cc3c4c(c1-2)Cc1cnccc1N4c1c(ccc2c1-c1ccccc1C2)C3.c1ccc2c(c1)Cc1cc3c4c(c1-2)Cc1ncccc1N4c1c(ccc2c1-c1ccccc1C2)C3. The molecule has 140 heavy (non-hydrogen) atoms. The molecule has 0 bridgehead atoms. The molecule has 4 aromatic heterocycles. The summed E-state index contributed by atoms with van der Waals surface area (Å²) in [5.41, 5.74) is 83.6. The van der Waals surface area contributed by atoms with Gasteiger partial charge in [0.05, 0.1) is 74.5 Å². The van der Waals surface area contributed by atoms with E-state index >= 15 is 0 Å². The van der Waals surface area contributed by atoms with Gasteiger partial charge in [0, 0.05) is 105 Å². The van der Waals surface area contributed by atoms with E-state index < -0.39 is 0 Å². The summed E-state index contributed by atoms with van der Waals surface area (Å²) in [5.74, 6) is 1.10. The summed E-state index contributed by atoms with van der Waals surface area (Å²) < 4.78 is 0. The lowest BCUT2D eigenvalue weighted by Gasteiger charge is -2.41. The van der Waals surface area contributed by atoms with Gasteiger partial charge in [0.25, 0.3) is 0 Å². The molecule has 16 aromatic carbocycles. The maximum atomic E-state index is 4.99. The largest absolute Gasteiger partial charge is 0.309 e. The quantitative estimate of drug-likeness (QED) is 0.149. The molecule has 0 fully saturated rings. The first-order valence-corrected chi connectivity index (χ1v) is 50.3. The Morgan fingerprint density at radius 1 is 0.157 bits per heavy atom. The molecule has 20 aromatic rings. The van der Waals surface area contributed by atoms with E-state index in [1.54, 1.807) is 0 Å². The predicted octanol–water partition coefficient (Wildman–Crippen LogP) is 30.0. The third-order valence-electron chi connectivity index (χ3n) is 34.2. The van der Waals surface area contributed by atoms with Crippen LogP contribution in [0.5, 0.6) is 0 Å². The minimum atomic E-state index is 0.896. The highest BCUT2D eigenvalue weighted by atomic mass is 15.2. The van der Waals surface area contributed by atoms with Crippen molar-refractivity contribution in [2.24, 2.45) is 0 Å². The van der Waals surface area contributed by atoms with E-state index in [1.807, 2.05) is 24.8 Å². The summed E-state index contributed by atoms with van der Waals surface area (Å²) in [5, 5.41) is 0. The van der Waals surface area contributed by atoms with E-state index in [-0.39, 0.29) is 0 Å². The maximum Gasteiger partial charge on any atom is 0.141 e. The highest BCUT2D eigenvalue weighted by Crippen LogP contribution is 2.66. The van der Waals surface area contributed by atoms with Crippen molar-refractivity contribution < 1.29 is 0 Å². The molecule has 8 aliphatic heterocycles. The third kappa shape index (κ3) is 10.6. The Morgan fingerprint density at radius 2 is 0.443 bits per heavy atom. The second-order valence-corrected chi connectivity index (χ2v) is 41.4. The molecule has 8 nitrogen and oxygen atoms in total. The first-order chi connectivity index (χ1) is 69.4. The average Bonchev–Trinajstić information content (AvgIpc) is 1.44. The molecule has 0 spiro atoms. The van der Waals surface area contributed by atoms with Gasteiger partial charge in [-0.15, -0.1) is 0 Å². The van der Waals surface area contributed by atoms with Crippen molar-refractivity contribution in [3.05, 3.63) is 519 Å². The van der Waals surface area contributed by atoms with Crippen LogP contribution in [0, 0.1) is 0 Å². The van der Waals surface area contributed by atoms with E-state index in [4.69, 9.17) is 9.97 Å². The van der Waals surface area contributed by atoms with Gasteiger partial charge in [0.2, 0.25) is 0 Å². The number of anilines is 12. The zero-order valence-corrected chi connectivity index (χ0v) is 77.2. The molecule has 0 saturated heterocycles. The van der Waals surface area contributed by atoms with Gasteiger partial charge in [-0.1, -0.05) is 273 Å². The standard InChI is InChI=1S/4C33H22N2/c1-3-9-26-20(7-1)15-24-17-25-16-22-12-11-21-14-19-6-2-4-10-27(19)30(21)32(22)35-31(25)28(29(24)26)18-23-8-5-13-34-33(23)35;1-3-8-25-20(7-1)15-23-17-24-16-22-12-11-21-14-19-6-2-4-9-26(19)31(21)33(22)35-29-10-5-13-34-28(29)18-27(30(23)25)32(24)35;1-3-7-26-20(6-1)14-24-16-25-15-23-10-9-22-13-19-5-2-4-8-27(19)31(22)33(23)35-29-18-34-12-11-21(29)17-28(30(24)26)32(25)35;1-3-7-26-20(6-1)14-23-16-24-15-22-10-9-21-13-19-5-2-4-8-27(19)31(21)33(22)35-29-11-12-34-18-25(29)17-28(30(23)26)32(24)35/h2*1-13,17H,14-16,18H2;2*1-12,16,18H,13-15,17H2. The van der Waals surface area contributed by atoms with Crippen LogP contribution < -0.4 is 19.6 Å². The van der Waals surface area contributed by atoms with Crippen molar-refractivity contribution in [1.82, 2.24) is 19.9 Å². The zero-order valence-electron chi connectivity index (χ0n) is 77.2. The van der Waals surface area contributed by atoms with Gasteiger partial charge in [-0.2, -0.15) is 0 Å². The van der Waals surface area contributed by atoms with Crippen molar-refractivity contribution in [2.75, 3.05) is 19.6 Å². The van der Waals surface area contributed by atoms with Crippen LogP contribution in [0.4, 0.5) is 68.4 Å². The highest BCUT2D eigenvalue weighted by Gasteiger charge is 2.47. The Labute approximate surface area is 812 Å². The lowest BCUT2D eigenvalue weighted by Crippen LogP contribution is -2.27. The molecular weight excluding hydrogens is 1700 g/mol. The van der Waals surface area contributed by atoms with Crippen LogP contribution in [0.15, 0.2) is 340 Å². The lowest BCUT2D eigenvalue weighted by molar-refractivity contribution is 0.969. The summed E-state index contributed by atoms with van der Waals surface area (Å²) in [6.07, 6.45) is 27.9. The number of nitrogens with zero attached hydrogens (tertiary/aromatic N) is 8. The smallest absolute Gasteiger partial charge is 0.141 e. The molecule has 36 rings (SSSR count). The van der Waals surface area contributed by atoms with Crippen LogP contribution in [-0.2, 0) is 103 Å². The van der Waals surface area contributed by atoms with Crippen molar-refractivity contribution in [1.29, 1.82) is 0 Å². The molecule has 0 unspecified atom stereocenters. The molecule has 8 heteroatoms. The number of hydrogen-bond donors (Lipinski definition) is 0. The van der Waals surface area contributed by atoms with E-state index in [9.17, 15) is 0 Å². The highest BCUT2D eigenvalue weighted by molar-refractivity contribution is 6.08. The molecule has 8 aliphatic carbocycles. The fraction of sp³-hybridized carbons (Fsp3) is 0.121. The Hall–Kier alpha value is -16.7. The van der Waals surface area contributed by atoms with Crippen LogP contribution in [0.25, 0.3) is 89.0 Å². The minimum Gasteiger partial charge on any atom is -0.309 e. The Bertz CT molecular complexity index is 8090. The third-order valence-corrected chi connectivity index (χ3v) is 34.2. The number of benzene rings is 16. The topological polar surface area (TPSA) is 64.5 Å². The van der Waals surface area contributed by atoms with Crippen LogP contribution in [-0.4, -0.2) is 19.9 Å². The number of hydrogen-bond acceptors (Lipinski definition) is 8. The summed E-state index contributed by atoms with van der Waals surface area (Å²) in [6.45, 7) is 0. The normalized spacial score (nSPS) is 14.9. The summed E-state index contributed by atoms with van der Waals surface area (Å²) >= 11 is 0. The van der Waals surface area contributed by atoms with Crippen LogP contribution >= 0.6 is 0 Å². The first-order valence-electron chi connectivity index (χ1n) is 50.3. The van der Waals surface area contributed by atoms with Crippen LogP contribution in [0.1, 0.15) is 178 Å². The van der Waals surface area contributed by atoms with Crippen molar-refractivity contribution in [3.63, 3.8) is 0 Å². The maximum absolute atomic E-state index is 4.99. The number of rotatable bonds is 0. The van der Waals surface area contributed by atoms with Crippen molar-refractivity contribution in [2.45, 2.75) is 103 Å². The summed E-state index contributed by atoms with van der Waals surface area (Å²) in [7, 11) is 0. The molecular formula is C132H88N8. The second kappa shape index (κ2) is 28.5. The van der Waals surface area contributed by atoms with Crippen molar-refractivity contribution >= 4 is 68.4 Å². The van der Waals surface area contributed by atoms with Gasteiger partial charge in [0.1, 0.15) is 5.82 Å². The van der Waals surface area contributed by atoms with Crippen LogP contribution in [0.2, 0.25) is 0 Å². The number of aromatic nitrogens is 4. The predicted molar refractivity (Wildman–Crippen MR) is 564 cm³/mol. The molecule has 12 heterocycles. The molecule has 0 radical (unpaired) electrons. The van der Waals surface area contributed by atoms with Gasteiger partial charge >= 0.3 is 0 Å². The van der Waals surface area contributed by atoms with Gasteiger partial charge in [0.15, 0.2) is 0 Å². The zero-order chi connectivity index (χ0) is 90.7. The minimum absolute atomic E-state index is 0.896. The molecule has 656 valence electrons. The van der Waals surface area contributed by atoms with Crippen LogP contribution in [0.3, 0.4) is 0 Å². The molecule has 0 atom stereocenters. The molecule has 0 saturated carbocycles. The van der Waals surface area contributed by atoms with Gasteiger partial charge in [-0.05, 0) is 321 Å².